The molecular weight excluding hydrogens is 626 g/mol. The van der Waals surface area contributed by atoms with Crippen molar-refractivity contribution in [2.45, 2.75) is 51.1 Å². The zero-order chi connectivity index (χ0) is 34.7. The molecule has 0 unspecified atom stereocenters. The minimum Gasteiger partial charge on any atom is -0.493 e. The lowest BCUT2D eigenvalue weighted by Gasteiger charge is -2.30. The number of carboxylic acid groups (broad SMARTS) is 1. The third kappa shape index (κ3) is 7.58. The number of carbonyl (C=O) groups excluding carboxylic acids is 1. The molecule has 0 aliphatic carbocycles. The Kier molecular flexibility index (Phi) is 10.2. The summed E-state index contributed by atoms with van der Waals surface area (Å²) >= 11 is 0. The number of hydrogen-bond donors (Lipinski definition) is 1. The van der Waals surface area contributed by atoms with Gasteiger partial charge in [-0.2, -0.15) is 0 Å². The number of rotatable bonds is 14. The van der Waals surface area contributed by atoms with Gasteiger partial charge in [0, 0.05) is 36.3 Å². The number of hydrogen-bond acceptors (Lipinski definition) is 8. The average Bonchev–Trinajstić information content (AvgIpc) is 3.82. The highest BCUT2D eigenvalue weighted by atomic mass is 16.7. The number of carboxylic acids is 1. The molecular formula is C38H48N3O8+. The first-order valence-corrected chi connectivity index (χ1v) is 17.1. The summed E-state index contributed by atoms with van der Waals surface area (Å²) in [6.07, 6.45) is 2.87. The van der Waals surface area contributed by atoms with E-state index in [9.17, 15) is 14.7 Å². The topological polar surface area (TPSA) is 107 Å². The second-order valence-corrected chi connectivity index (χ2v) is 14.1. The van der Waals surface area contributed by atoms with Gasteiger partial charge in [0.15, 0.2) is 23.0 Å². The molecule has 11 nitrogen and oxygen atoms in total. The van der Waals surface area contributed by atoms with Crippen molar-refractivity contribution in [2.75, 3.05) is 66.4 Å². The predicted molar refractivity (Wildman–Crippen MR) is 185 cm³/mol. The number of unbranched alkanes of at least 4 members (excludes halogenated alkanes) is 1. The van der Waals surface area contributed by atoms with Crippen molar-refractivity contribution in [1.82, 2.24) is 4.90 Å². The van der Waals surface area contributed by atoms with E-state index in [1.165, 1.54) is 0 Å². The smallest absolute Gasteiger partial charge is 0.308 e. The SMILES string of the molecule is CCCCN(C(=O)CN1C[C@H](c2cc(OC)c3c(c2)OCO3)[C@@H](C(=O)O)[C@@H]1CCc1cccc2c1OCO2)c1cccc(C[N+](C)(C)C)c1. The summed E-state index contributed by atoms with van der Waals surface area (Å²) < 4.78 is 29.1. The Morgan fingerprint density at radius 1 is 0.980 bits per heavy atom. The monoisotopic (exact) mass is 674 g/mol. The van der Waals surface area contributed by atoms with E-state index >= 15 is 0 Å². The molecule has 3 aromatic carbocycles. The quantitative estimate of drug-likeness (QED) is 0.228. The van der Waals surface area contributed by atoms with Gasteiger partial charge in [-0.3, -0.25) is 14.5 Å². The van der Waals surface area contributed by atoms with Gasteiger partial charge < -0.3 is 38.2 Å². The number of methoxy groups -OCH3 is 1. The summed E-state index contributed by atoms with van der Waals surface area (Å²) in [6.45, 7) is 4.22. The number of benzene rings is 3. The Balaban J connectivity index is 1.33. The van der Waals surface area contributed by atoms with E-state index in [0.717, 1.165) is 46.2 Å². The zero-order valence-electron chi connectivity index (χ0n) is 29.1. The maximum absolute atomic E-state index is 14.4. The summed E-state index contributed by atoms with van der Waals surface area (Å²) in [7, 11) is 8.00. The third-order valence-corrected chi connectivity index (χ3v) is 9.58. The summed E-state index contributed by atoms with van der Waals surface area (Å²) in [4.78, 5) is 31.5. The van der Waals surface area contributed by atoms with Crippen LogP contribution in [0.4, 0.5) is 5.69 Å². The van der Waals surface area contributed by atoms with Gasteiger partial charge in [0.05, 0.1) is 40.7 Å². The van der Waals surface area contributed by atoms with E-state index in [-0.39, 0.29) is 26.0 Å². The molecule has 3 aliphatic heterocycles. The lowest BCUT2D eigenvalue weighted by molar-refractivity contribution is -0.884. The van der Waals surface area contributed by atoms with Gasteiger partial charge in [-0.15, -0.1) is 0 Å². The van der Waals surface area contributed by atoms with Crippen LogP contribution in [0.5, 0.6) is 28.7 Å². The van der Waals surface area contributed by atoms with Crippen LogP contribution in [0.3, 0.4) is 0 Å². The van der Waals surface area contributed by atoms with Gasteiger partial charge in [0.1, 0.15) is 6.54 Å². The molecule has 3 heterocycles. The normalized spacial score (nSPS) is 19.7. The summed E-state index contributed by atoms with van der Waals surface area (Å²) in [5, 5.41) is 10.8. The molecule has 1 fully saturated rings. The molecule has 6 rings (SSSR count). The highest BCUT2D eigenvalue weighted by Gasteiger charge is 2.47. The first-order valence-electron chi connectivity index (χ1n) is 17.1. The van der Waals surface area contributed by atoms with Crippen LogP contribution in [0.15, 0.2) is 54.6 Å². The number of carbonyl (C=O) groups is 2. The molecule has 3 aromatic rings. The summed E-state index contributed by atoms with van der Waals surface area (Å²) in [5.41, 5.74) is 3.76. The number of para-hydroxylation sites is 1. The highest BCUT2D eigenvalue weighted by molar-refractivity contribution is 5.95. The maximum Gasteiger partial charge on any atom is 0.308 e. The van der Waals surface area contributed by atoms with Gasteiger partial charge in [-0.25, -0.2) is 0 Å². The van der Waals surface area contributed by atoms with Gasteiger partial charge in [-0.1, -0.05) is 37.6 Å². The number of quaternary nitrogens is 1. The minimum absolute atomic E-state index is 0.0498. The van der Waals surface area contributed by atoms with Crippen LogP contribution < -0.4 is 28.6 Å². The van der Waals surface area contributed by atoms with Crippen LogP contribution in [0, 0.1) is 5.92 Å². The number of aliphatic carboxylic acids is 1. The van der Waals surface area contributed by atoms with Crippen LogP contribution in [-0.4, -0.2) is 93.9 Å². The predicted octanol–water partition coefficient (Wildman–Crippen LogP) is 5.29. The molecule has 3 atom stereocenters. The van der Waals surface area contributed by atoms with Crippen LogP contribution in [-0.2, 0) is 22.6 Å². The molecule has 0 bridgehead atoms. The number of aryl methyl sites for hydroxylation is 1. The average molecular weight is 675 g/mol. The Bertz CT molecular complexity index is 1670. The molecule has 0 radical (unpaired) electrons. The number of nitrogens with zero attached hydrogens (tertiary/aromatic N) is 3. The Morgan fingerprint density at radius 2 is 1.73 bits per heavy atom. The number of amides is 1. The Hall–Kier alpha value is -4.48. The molecule has 1 saturated heterocycles. The van der Waals surface area contributed by atoms with Crippen LogP contribution in [0.2, 0.25) is 0 Å². The Labute approximate surface area is 288 Å². The largest absolute Gasteiger partial charge is 0.493 e. The number of anilines is 1. The van der Waals surface area contributed by atoms with E-state index in [2.05, 4.69) is 45.1 Å². The minimum atomic E-state index is -0.907. The lowest BCUT2D eigenvalue weighted by atomic mass is 9.83. The van der Waals surface area contributed by atoms with Crippen molar-refractivity contribution in [2.24, 2.45) is 5.92 Å². The van der Waals surface area contributed by atoms with Crippen LogP contribution in [0.1, 0.15) is 48.8 Å². The molecule has 0 aromatic heterocycles. The van der Waals surface area contributed by atoms with E-state index in [4.69, 9.17) is 23.7 Å². The summed E-state index contributed by atoms with van der Waals surface area (Å²) in [5.74, 6) is 0.764. The third-order valence-electron chi connectivity index (χ3n) is 9.58. The highest BCUT2D eigenvalue weighted by Crippen LogP contribution is 2.47. The first-order chi connectivity index (χ1) is 23.6. The van der Waals surface area contributed by atoms with Gasteiger partial charge in [0.25, 0.3) is 0 Å². The number of ether oxygens (including phenoxy) is 5. The van der Waals surface area contributed by atoms with Crippen molar-refractivity contribution in [3.05, 3.63) is 71.3 Å². The fourth-order valence-corrected chi connectivity index (χ4v) is 7.39. The molecule has 0 spiro atoms. The van der Waals surface area contributed by atoms with E-state index in [1.807, 2.05) is 47.4 Å². The second-order valence-electron chi connectivity index (χ2n) is 14.1. The van der Waals surface area contributed by atoms with E-state index in [0.29, 0.717) is 54.7 Å². The van der Waals surface area contributed by atoms with Crippen molar-refractivity contribution in [3.63, 3.8) is 0 Å². The molecule has 11 heteroatoms. The molecule has 1 amide bonds. The van der Waals surface area contributed by atoms with Gasteiger partial charge in [-0.05, 0) is 60.7 Å². The van der Waals surface area contributed by atoms with E-state index in [1.54, 1.807) is 7.11 Å². The molecule has 0 saturated carbocycles. The van der Waals surface area contributed by atoms with Crippen molar-refractivity contribution in [1.29, 1.82) is 0 Å². The zero-order valence-corrected chi connectivity index (χ0v) is 29.1. The van der Waals surface area contributed by atoms with Crippen LogP contribution in [0.25, 0.3) is 0 Å². The lowest BCUT2D eigenvalue weighted by Crippen LogP contribution is -2.44. The standard InChI is InChI=1S/C38H47N3O8/c1-6-7-16-40(28-12-8-10-25(17-28)22-41(2,3)4)34(42)21-39-20-29(27-18-32(45-5)37-33(19-27)47-24-49-37)35(38(43)44)30(39)15-14-26-11-9-13-31-36(26)48-23-46-31/h8-13,17-19,29-30,35H,6-7,14-16,20-24H2,1-5H3/p+1/t29-,30+,35-/m1/s1. The fourth-order valence-electron chi connectivity index (χ4n) is 7.39. The van der Waals surface area contributed by atoms with Crippen LogP contribution >= 0.6 is 0 Å². The Morgan fingerprint density at radius 3 is 2.47 bits per heavy atom. The van der Waals surface area contributed by atoms with Crippen molar-refractivity contribution in [3.8, 4) is 28.7 Å². The van der Waals surface area contributed by atoms with E-state index < -0.39 is 23.8 Å². The second kappa shape index (κ2) is 14.6. The summed E-state index contributed by atoms with van der Waals surface area (Å²) in [6, 6.07) is 17.3. The fraction of sp³-hybridized carbons (Fsp3) is 0.474. The van der Waals surface area contributed by atoms with Gasteiger partial charge >= 0.3 is 5.97 Å². The van der Waals surface area contributed by atoms with Crippen molar-refractivity contribution < 1.29 is 42.9 Å². The molecule has 1 N–H and O–H groups in total. The molecule has 3 aliphatic rings. The number of fused-ring (bicyclic) bond motifs is 2. The van der Waals surface area contributed by atoms with Gasteiger partial charge in [0.2, 0.25) is 25.2 Å². The molecule has 262 valence electrons. The maximum atomic E-state index is 14.4. The molecule has 49 heavy (non-hydrogen) atoms. The first kappa shape index (κ1) is 34.4. The number of likely N-dealkylation sites (tertiary alicyclic amines) is 1. The van der Waals surface area contributed by atoms with Crippen molar-refractivity contribution >= 4 is 17.6 Å².